The van der Waals surface area contributed by atoms with Gasteiger partial charge in [0.05, 0.1) is 6.54 Å². The maximum atomic E-state index is 13.4. The number of amides is 1. The zero-order chi connectivity index (χ0) is 16.8. The second-order valence-corrected chi connectivity index (χ2v) is 7.08. The van der Waals surface area contributed by atoms with Crippen LogP contribution in [0, 0.1) is 12.7 Å². The fraction of sp³-hybridized carbons (Fsp3) is 0.444. The van der Waals surface area contributed by atoms with Gasteiger partial charge in [-0.3, -0.25) is 4.79 Å². The molecule has 1 amide bonds. The molecule has 0 saturated carbocycles. The van der Waals surface area contributed by atoms with E-state index in [1.54, 1.807) is 17.9 Å². The predicted octanol–water partition coefficient (Wildman–Crippen LogP) is 3.62. The molecule has 1 aliphatic heterocycles. The van der Waals surface area contributed by atoms with Crippen molar-refractivity contribution in [2.75, 3.05) is 6.54 Å². The Bertz CT molecular complexity index is 759. The first kappa shape index (κ1) is 15.7. The van der Waals surface area contributed by atoms with Crippen LogP contribution in [0.4, 0.5) is 4.39 Å². The normalized spacial score (nSPS) is 14.7. The molecule has 2 heterocycles. The molecule has 4 nitrogen and oxygen atoms in total. The first-order chi connectivity index (χ1) is 10.8. The highest BCUT2D eigenvalue weighted by molar-refractivity contribution is 5.94. The van der Waals surface area contributed by atoms with Crippen LogP contribution in [0.5, 0.6) is 0 Å². The second-order valence-electron chi connectivity index (χ2n) is 7.08. The Hall–Kier alpha value is -2.17. The highest BCUT2D eigenvalue weighted by Crippen LogP contribution is 2.28. The molecule has 0 spiro atoms. The average molecular weight is 316 g/mol. The molecule has 122 valence electrons. The molecule has 0 N–H and O–H groups in total. The van der Waals surface area contributed by atoms with Gasteiger partial charge in [-0.25, -0.2) is 9.37 Å². The summed E-state index contributed by atoms with van der Waals surface area (Å²) in [4.78, 5) is 18.9. The van der Waals surface area contributed by atoms with Gasteiger partial charge in [0.15, 0.2) is 5.89 Å². The number of carbonyl (C=O) groups is 1. The minimum absolute atomic E-state index is 0.0981. The molecule has 2 aromatic rings. The Balaban J connectivity index is 1.82. The fourth-order valence-corrected chi connectivity index (χ4v) is 2.65. The van der Waals surface area contributed by atoms with Crippen LogP contribution in [0.15, 0.2) is 22.6 Å². The molecular formula is C18H21FN2O2. The molecular weight excluding hydrogens is 295 g/mol. The van der Waals surface area contributed by atoms with Crippen LogP contribution in [0.25, 0.3) is 0 Å². The SMILES string of the molecule is Cc1cc(C(=O)N2CCc3oc(C(C)(C)C)nc3C2)ccc1F. The highest BCUT2D eigenvalue weighted by atomic mass is 19.1. The van der Waals surface area contributed by atoms with Gasteiger partial charge in [0.2, 0.25) is 0 Å². The van der Waals surface area contributed by atoms with Gasteiger partial charge in [-0.1, -0.05) is 20.8 Å². The number of hydrogen-bond acceptors (Lipinski definition) is 3. The molecule has 3 rings (SSSR count). The highest BCUT2D eigenvalue weighted by Gasteiger charge is 2.29. The lowest BCUT2D eigenvalue weighted by Gasteiger charge is -2.25. The Morgan fingerprint density at radius 1 is 1.35 bits per heavy atom. The third-order valence-corrected chi connectivity index (χ3v) is 4.06. The monoisotopic (exact) mass is 316 g/mol. The van der Waals surface area contributed by atoms with E-state index < -0.39 is 0 Å². The van der Waals surface area contributed by atoms with Crippen LogP contribution in [0.2, 0.25) is 0 Å². The Kier molecular flexibility index (Phi) is 3.74. The molecule has 1 aromatic heterocycles. The first-order valence-corrected chi connectivity index (χ1v) is 7.80. The Morgan fingerprint density at radius 2 is 2.09 bits per heavy atom. The number of aromatic nitrogens is 1. The van der Waals surface area contributed by atoms with Crippen molar-refractivity contribution in [2.45, 2.75) is 46.1 Å². The molecule has 5 heteroatoms. The van der Waals surface area contributed by atoms with Gasteiger partial charge in [0.1, 0.15) is 17.3 Å². The van der Waals surface area contributed by atoms with Gasteiger partial charge in [0, 0.05) is 23.9 Å². The van der Waals surface area contributed by atoms with Crippen molar-refractivity contribution in [1.29, 1.82) is 0 Å². The number of fused-ring (bicyclic) bond motifs is 1. The molecule has 0 saturated heterocycles. The van der Waals surface area contributed by atoms with Crippen LogP contribution in [-0.4, -0.2) is 22.3 Å². The van der Waals surface area contributed by atoms with Crippen molar-refractivity contribution in [3.05, 3.63) is 52.5 Å². The molecule has 23 heavy (non-hydrogen) atoms. The summed E-state index contributed by atoms with van der Waals surface area (Å²) in [5, 5.41) is 0. The zero-order valence-electron chi connectivity index (χ0n) is 13.9. The largest absolute Gasteiger partial charge is 0.445 e. The van der Waals surface area contributed by atoms with Crippen molar-refractivity contribution >= 4 is 5.91 Å². The third kappa shape index (κ3) is 3.00. The lowest BCUT2D eigenvalue weighted by molar-refractivity contribution is 0.0727. The summed E-state index contributed by atoms with van der Waals surface area (Å²) in [5.41, 5.74) is 1.66. The van der Waals surface area contributed by atoms with Crippen molar-refractivity contribution in [1.82, 2.24) is 9.88 Å². The van der Waals surface area contributed by atoms with Gasteiger partial charge in [-0.2, -0.15) is 0 Å². The van der Waals surface area contributed by atoms with Gasteiger partial charge >= 0.3 is 0 Å². The van der Waals surface area contributed by atoms with Crippen molar-refractivity contribution in [3.63, 3.8) is 0 Å². The zero-order valence-corrected chi connectivity index (χ0v) is 13.9. The summed E-state index contributed by atoms with van der Waals surface area (Å²) < 4.78 is 19.2. The van der Waals surface area contributed by atoms with E-state index in [0.29, 0.717) is 36.5 Å². The number of halogens is 1. The first-order valence-electron chi connectivity index (χ1n) is 7.80. The number of benzene rings is 1. The lowest BCUT2D eigenvalue weighted by atomic mass is 9.97. The Labute approximate surface area is 135 Å². The van der Waals surface area contributed by atoms with E-state index in [2.05, 4.69) is 25.8 Å². The minimum atomic E-state index is -0.297. The molecule has 1 aliphatic rings. The van der Waals surface area contributed by atoms with Gasteiger partial charge in [-0.15, -0.1) is 0 Å². The second kappa shape index (κ2) is 5.48. The smallest absolute Gasteiger partial charge is 0.254 e. The van der Waals surface area contributed by atoms with Crippen LogP contribution >= 0.6 is 0 Å². The van der Waals surface area contributed by atoms with Gasteiger partial charge < -0.3 is 9.32 Å². The summed E-state index contributed by atoms with van der Waals surface area (Å²) in [6.45, 7) is 8.83. The molecule has 0 atom stereocenters. The van der Waals surface area contributed by atoms with Crippen LogP contribution in [0.1, 0.15) is 54.0 Å². The van der Waals surface area contributed by atoms with E-state index >= 15 is 0 Å². The number of aryl methyl sites for hydroxylation is 1. The molecule has 1 aromatic carbocycles. The van der Waals surface area contributed by atoms with Crippen molar-refractivity contribution in [2.24, 2.45) is 0 Å². The summed E-state index contributed by atoms with van der Waals surface area (Å²) in [7, 11) is 0. The quantitative estimate of drug-likeness (QED) is 0.807. The van der Waals surface area contributed by atoms with Crippen molar-refractivity contribution in [3.8, 4) is 0 Å². The summed E-state index contributed by atoms with van der Waals surface area (Å²) in [6, 6.07) is 4.46. The van der Waals surface area contributed by atoms with E-state index in [-0.39, 0.29) is 17.1 Å². The number of rotatable bonds is 1. The van der Waals surface area contributed by atoms with E-state index in [1.807, 2.05) is 0 Å². The van der Waals surface area contributed by atoms with Gasteiger partial charge in [0.25, 0.3) is 5.91 Å². The van der Waals surface area contributed by atoms with E-state index in [4.69, 9.17) is 4.42 Å². The molecule has 0 radical (unpaired) electrons. The molecule has 0 bridgehead atoms. The van der Waals surface area contributed by atoms with Crippen LogP contribution < -0.4 is 0 Å². The Morgan fingerprint density at radius 3 is 2.74 bits per heavy atom. The topological polar surface area (TPSA) is 46.3 Å². The van der Waals surface area contributed by atoms with Crippen LogP contribution in [0.3, 0.4) is 0 Å². The van der Waals surface area contributed by atoms with Crippen LogP contribution in [-0.2, 0) is 18.4 Å². The van der Waals surface area contributed by atoms with Gasteiger partial charge in [-0.05, 0) is 30.7 Å². The number of carbonyl (C=O) groups excluding carboxylic acids is 1. The summed E-state index contributed by atoms with van der Waals surface area (Å²) in [5.74, 6) is 1.18. The number of hydrogen-bond donors (Lipinski definition) is 0. The predicted molar refractivity (Wildman–Crippen MR) is 84.8 cm³/mol. The minimum Gasteiger partial charge on any atom is -0.445 e. The van der Waals surface area contributed by atoms with E-state index in [1.165, 1.54) is 12.1 Å². The molecule has 0 unspecified atom stereocenters. The lowest BCUT2D eigenvalue weighted by Crippen LogP contribution is -2.35. The molecule has 0 fully saturated rings. The van der Waals surface area contributed by atoms with E-state index in [0.717, 1.165) is 11.5 Å². The maximum Gasteiger partial charge on any atom is 0.254 e. The molecule has 0 aliphatic carbocycles. The van der Waals surface area contributed by atoms with E-state index in [9.17, 15) is 9.18 Å². The fourth-order valence-electron chi connectivity index (χ4n) is 2.65. The third-order valence-electron chi connectivity index (χ3n) is 4.06. The number of nitrogens with zero attached hydrogens (tertiary/aromatic N) is 2. The summed E-state index contributed by atoms with van der Waals surface area (Å²) in [6.07, 6.45) is 0.657. The average Bonchev–Trinajstić information content (AvgIpc) is 2.92. The maximum absolute atomic E-state index is 13.4. The summed E-state index contributed by atoms with van der Waals surface area (Å²) >= 11 is 0. The van der Waals surface area contributed by atoms with Crippen molar-refractivity contribution < 1.29 is 13.6 Å². The number of oxazole rings is 1. The standard InChI is InChI=1S/C18H21FN2O2/c1-11-9-12(5-6-13(11)19)16(22)21-8-7-15-14(10-21)20-17(23-15)18(2,3)4/h5-6,9H,7-8,10H2,1-4H3.